The largest absolute Gasteiger partial charge is 0.496 e. The molecular weight excluding hydrogens is 328 g/mol. The van der Waals surface area contributed by atoms with E-state index in [1.807, 2.05) is 48.5 Å². The Hall–Kier alpha value is -1.91. The molecule has 3 aromatic rings. The molecule has 0 aliphatic rings. The van der Waals surface area contributed by atoms with Crippen LogP contribution in [0.4, 0.5) is 0 Å². The molecule has 1 aromatic heterocycles. The lowest BCUT2D eigenvalue weighted by molar-refractivity contribution is 0.407. The van der Waals surface area contributed by atoms with Gasteiger partial charge in [0.2, 0.25) is 0 Å². The lowest BCUT2D eigenvalue weighted by Crippen LogP contribution is -2.13. The first-order chi connectivity index (χ1) is 10.2. The van der Waals surface area contributed by atoms with Crippen LogP contribution in [-0.4, -0.2) is 12.1 Å². The third-order valence-electron chi connectivity index (χ3n) is 3.52. The van der Waals surface area contributed by atoms with Crippen LogP contribution in [0.15, 0.2) is 59.2 Å². The predicted molar refractivity (Wildman–Crippen MR) is 88.5 cm³/mol. The van der Waals surface area contributed by atoms with Crippen LogP contribution in [0, 0.1) is 0 Å². The average molecular weight is 343 g/mol. The van der Waals surface area contributed by atoms with E-state index in [4.69, 9.17) is 10.5 Å². The van der Waals surface area contributed by atoms with E-state index < -0.39 is 0 Å². The molecule has 0 spiro atoms. The monoisotopic (exact) mass is 342 g/mol. The smallest absolute Gasteiger partial charge is 0.125 e. The van der Waals surface area contributed by atoms with Crippen molar-refractivity contribution in [2.75, 3.05) is 7.11 Å². The lowest BCUT2D eigenvalue weighted by Gasteiger charge is -2.17. The maximum absolute atomic E-state index is 6.41. The summed E-state index contributed by atoms with van der Waals surface area (Å²) in [4.78, 5) is 4.38. The SMILES string of the molecule is COc1cc(Br)ccc1C(N)c1ccc2cccnc2c1. The molecule has 2 aromatic carbocycles. The molecule has 0 fully saturated rings. The van der Waals surface area contributed by atoms with Crippen LogP contribution in [0.5, 0.6) is 5.75 Å². The third-order valence-corrected chi connectivity index (χ3v) is 4.01. The molecule has 1 atom stereocenters. The number of benzene rings is 2. The van der Waals surface area contributed by atoms with Crippen molar-refractivity contribution in [2.45, 2.75) is 6.04 Å². The molecule has 1 unspecified atom stereocenters. The molecule has 2 N–H and O–H groups in total. The van der Waals surface area contributed by atoms with Crippen LogP contribution in [0.1, 0.15) is 17.2 Å². The highest BCUT2D eigenvalue weighted by molar-refractivity contribution is 9.10. The van der Waals surface area contributed by atoms with Crippen molar-refractivity contribution in [3.8, 4) is 5.75 Å². The van der Waals surface area contributed by atoms with Crippen molar-refractivity contribution in [1.29, 1.82) is 0 Å². The topological polar surface area (TPSA) is 48.1 Å². The molecule has 1 heterocycles. The van der Waals surface area contributed by atoms with Crippen molar-refractivity contribution in [2.24, 2.45) is 5.73 Å². The number of pyridine rings is 1. The predicted octanol–water partition coefficient (Wildman–Crippen LogP) is 4.05. The van der Waals surface area contributed by atoms with E-state index in [0.717, 1.165) is 32.3 Å². The van der Waals surface area contributed by atoms with Crippen molar-refractivity contribution in [3.05, 3.63) is 70.3 Å². The second kappa shape index (κ2) is 5.84. The molecule has 3 rings (SSSR count). The Morgan fingerprint density at radius 3 is 2.81 bits per heavy atom. The number of nitrogens with two attached hydrogens (primary N) is 1. The van der Waals surface area contributed by atoms with Gasteiger partial charge in [-0.25, -0.2) is 0 Å². The van der Waals surface area contributed by atoms with Crippen molar-refractivity contribution >= 4 is 26.8 Å². The summed E-state index contributed by atoms with van der Waals surface area (Å²) in [5, 5.41) is 1.11. The van der Waals surface area contributed by atoms with Gasteiger partial charge in [0, 0.05) is 21.6 Å². The lowest BCUT2D eigenvalue weighted by atomic mass is 9.97. The van der Waals surface area contributed by atoms with Crippen molar-refractivity contribution in [1.82, 2.24) is 4.98 Å². The Kier molecular flexibility index (Phi) is 3.90. The van der Waals surface area contributed by atoms with E-state index in [-0.39, 0.29) is 6.04 Å². The normalized spacial score (nSPS) is 12.3. The first-order valence-corrected chi connectivity index (χ1v) is 7.42. The molecule has 0 bridgehead atoms. The Balaban J connectivity index is 2.05. The number of hydrogen-bond donors (Lipinski definition) is 1. The van der Waals surface area contributed by atoms with Crippen LogP contribution < -0.4 is 10.5 Å². The summed E-state index contributed by atoms with van der Waals surface area (Å²) in [6.07, 6.45) is 1.79. The number of aromatic nitrogens is 1. The van der Waals surface area contributed by atoms with Gasteiger partial charge in [-0.15, -0.1) is 0 Å². The summed E-state index contributed by atoms with van der Waals surface area (Å²) in [5.41, 5.74) is 9.33. The Labute approximate surface area is 131 Å². The summed E-state index contributed by atoms with van der Waals surface area (Å²) < 4.78 is 6.40. The fourth-order valence-electron chi connectivity index (χ4n) is 2.40. The zero-order valence-electron chi connectivity index (χ0n) is 11.6. The van der Waals surface area contributed by atoms with Gasteiger partial charge in [0.15, 0.2) is 0 Å². The van der Waals surface area contributed by atoms with Crippen LogP contribution in [-0.2, 0) is 0 Å². The van der Waals surface area contributed by atoms with E-state index in [9.17, 15) is 0 Å². The first-order valence-electron chi connectivity index (χ1n) is 6.63. The van der Waals surface area contributed by atoms with Gasteiger partial charge < -0.3 is 10.5 Å². The zero-order chi connectivity index (χ0) is 14.8. The second-order valence-electron chi connectivity index (χ2n) is 4.82. The Morgan fingerprint density at radius 2 is 2.00 bits per heavy atom. The summed E-state index contributed by atoms with van der Waals surface area (Å²) in [5.74, 6) is 0.776. The molecule has 21 heavy (non-hydrogen) atoms. The quantitative estimate of drug-likeness (QED) is 0.780. The number of methoxy groups -OCH3 is 1. The van der Waals surface area contributed by atoms with Gasteiger partial charge in [0.1, 0.15) is 5.75 Å². The summed E-state index contributed by atoms with van der Waals surface area (Å²) in [6.45, 7) is 0. The highest BCUT2D eigenvalue weighted by Crippen LogP contribution is 2.31. The van der Waals surface area contributed by atoms with Gasteiger partial charge in [-0.05, 0) is 29.8 Å². The van der Waals surface area contributed by atoms with E-state index in [2.05, 4.69) is 20.9 Å². The molecule has 0 aliphatic carbocycles. The minimum absolute atomic E-state index is 0.251. The van der Waals surface area contributed by atoms with Crippen LogP contribution in [0.25, 0.3) is 10.9 Å². The van der Waals surface area contributed by atoms with E-state index >= 15 is 0 Å². The number of ether oxygens (including phenoxy) is 1. The van der Waals surface area contributed by atoms with Gasteiger partial charge in [-0.3, -0.25) is 4.98 Å². The molecule has 4 heteroatoms. The molecule has 0 amide bonds. The fourth-order valence-corrected chi connectivity index (χ4v) is 2.74. The van der Waals surface area contributed by atoms with E-state index in [0.29, 0.717) is 0 Å². The zero-order valence-corrected chi connectivity index (χ0v) is 13.2. The molecule has 0 radical (unpaired) electrons. The highest BCUT2D eigenvalue weighted by Gasteiger charge is 2.15. The molecule has 0 aliphatic heterocycles. The summed E-state index contributed by atoms with van der Waals surface area (Å²) in [6, 6.07) is 15.7. The van der Waals surface area contributed by atoms with Gasteiger partial charge in [0.25, 0.3) is 0 Å². The molecule has 3 nitrogen and oxygen atoms in total. The number of rotatable bonds is 3. The molecule has 106 valence electrons. The maximum Gasteiger partial charge on any atom is 0.125 e. The average Bonchev–Trinajstić information content (AvgIpc) is 2.53. The standard InChI is InChI=1S/C17H15BrN2O/c1-21-16-10-13(18)6-7-14(16)17(19)12-5-4-11-3-2-8-20-15(11)9-12/h2-10,17H,19H2,1H3. The van der Waals surface area contributed by atoms with Gasteiger partial charge in [-0.2, -0.15) is 0 Å². The first kappa shape index (κ1) is 14.0. The highest BCUT2D eigenvalue weighted by atomic mass is 79.9. The van der Waals surface area contributed by atoms with Gasteiger partial charge in [0.05, 0.1) is 18.7 Å². The number of fused-ring (bicyclic) bond motifs is 1. The van der Waals surface area contributed by atoms with Crippen LogP contribution >= 0.6 is 15.9 Å². The van der Waals surface area contributed by atoms with Crippen molar-refractivity contribution in [3.63, 3.8) is 0 Å². The van der Waals surface area contributed by atoms with Crippen LogP contribution in [0.2, 0.25) is 0 Å². The number of hydrogen-bond acceptors (Lipinski definition) is 3. The molecule has 0 saturated carbocycles. The number of halogens is 1. The number of nitrogens with zero attached hydrogens (tertiary/aromatic N) is 1. The molecule has 0 saturated heterocycles. The second-order valence-corrected chi connectivity index (χ2v) is 5.74. The molecular formula is C17H15BrN2O. The van der Waals surface area contributed by atoms with Gasteiger partial charge >= 0.3 is 0 Å². The summed E-state index contributed by atoms with van der Waals surface area (Å²) in [7, 11) is 1.65. The van der Waals surface area contributed by atoms with Crippen LogP contribution in [0.3, 0.4) is 0 Å². The minimum atomic E-state index is -0.251. The van der Waals surface area contributed by atoms with E-state index in [1.165, 1.54) is 0 Å². The Bertz CT molecular complexity index is 789. The third kappa shape index (κ3) is 2.77. The maximum atomic E-state index is 6.41. The van der Waals surface area contributed by atoms with Crippen molar-refractivity contribution < 1.29 is 4.74 Å². The fraction of sp³-hybridized carbons (Fsp3) is 0.118. The van der Waals surface area contributed by atoms with E-state index in [1.54, 1.807) is 13.3 Å². The minimum Gasteiger partial charge on any atom is -0.496 e. The summed E-state index contributed by atoms with van der Waals surface area (Å²) >= 11 is 3.44. The Morgan fingerprint density at radius 1 is 1.14 bits per heavy atom. The van der Waals surface area contributed by atoms with Gasteiger partial charge in [-0.1, -0.05) is 40.2 Å².